The Morgan fingerprint density at radius 1 is 1.12 bits per heavy atom. The number of benzene rings is 1. The molecule has 0 atom stereocenters. The smallest absolute Gasteiger partial charge is 0.253 e. The lowest BCUT2D eigenvalue weighted by molar-refractivity contribution is 0.0792. The van der Waals surface area contributed by atoms with Crippen LogP contribution in [0.4, 0.5) is 5.69 Å². The monoisotopic (exact) mass is 428 g/mol. The minimum atomic E-state index is -0.0399. The molecule has 5 rings (SSSR count). The largest absolute Gasteiger partial charge is 0.358 e. The van der Waals surface area contributed by atoms with Crippen LogP contribution in [0.1, 0.15) is 44.9 Å². The molecule has 8 heteroatoms. The Bertz CT molecular complexity index is 1180. The lowest BCUT2D eigenvalue weighted by Crippen LogP contribution is -2.31. The number of hydrogen-bond acceptors (Lipinski definition) is 5. The number of hydrogen-bond donors (Lipinski definition) is 3. The van der Waals surface area contributed by atoms with E-state index < -0.39 is 0 Å². The molecular weight excluding hydrogens is 404 g/mol. The minimum Gasteiger partial charge on any atom is -0.358 e. The molecule has 0 saturated carbocycles. The summed E-state index contributed by atoms with van der Waals surface area (Å²) < 4.78 is 0. The molecule has 0 radical (unpaired) electrons. The quantitative estimate of drug-likeness (QED) is 0.429. The van der Waals surface area contributed by atoms with Crippen molar-refractivity contribution in [2.75, 3.05) is 25.1 Å². The molecule has 1 aromatic carbocycles. The van der Waals surface area contributed by atoms with Crippen LogP contribution in [0, 0.1) is 0 Å². The van der Waals surface area contributed by atoms with Crippen LogP contribution in [0.3, 0.4) is 0 Å². The van der Waals surface area contributed by atoms with Crippen LogP contribution in [0.5, 0.6) is 0 Å². The van der Waals surface area contributed by atoms with Crippen molar-refractivity contribution in [2.45, 2.75) is 19.3 Å². The number of aromatic nitrogens is 2. The predicted molar refractivity (Wildman–Crippen MR) is 123 cm³/mol. The summed E-state index contributed by atoms with van der Waals surface area (Å²) in [6.07, 6.45) is 6.32. The number of H-pyrrole nitrogens is 1. The number of aromatic amines is 1. The van der Waals surface area contributed by atoms with Crippen LogP contribution >= 0.6 is 0 Å². The van der Waals surface area contributed by atoms with Crippen molar-refractivity contribution in [3.05, 3.63) is 71.2 Å². The Balaban J connectivity index is 1.24. The second-order valence-electron chi connectivity index (χ2n) is 8.00. The minimum absolute atomic E-state index is 0.0399. The molecule has 32 heavy (non-hydrogen) atoms. The number of pyridine rings is 1. The third-order valence-electron chi connectivity index (χ3n) is 5.81. The SMILES string of the molecule is O=C1NCCc2[nH]c(-c3ccnc(/C=N/Nc4ccc(C(=O)N5CCCC5)cc4)c3)cc21. The van der Waals surface area contributed by atoms with Gasteiger partial charge in [0.2, 0.25) is 0 Å². The van der Waals surface area contributed by atoms with E-state index in [-0.39, 0.29) is 11.8 Å². The number of nitrogens with one attached hydrogen (secondary N) is 3. The van der Waals surface area contributed by atoms with Gasteiger partial charge < -0.3 is 15.2 Å². The van der Waals surface area contributed by atoms with Gasteiger partial charge in [-0.3, -0.25) is 20.0 Å². The Morgan fingerprint density at radius 2 is 1.94 bits per heavy atom. The van der Waals surface area contributed by atoms with Crippen molar-refractivity contribution in [1.82, 2.24) is 20.2 Å². The Morgan fingerprint density at radius 3 is 2.72 bits per heavy atom. The lowest BCUT2D eigenvalue weighted by atomic mass is 10.1. The standard InChI is InChI=1S/C24H24N6O2/c31-23-20-14-22(28-21(20)8-10-26-23)17-7-9-25-19(13-17)15-27-29-18-5-3-16(4-6-18)24(32)30-11-1-2-12-30/h3-7,9,13-15,28-29H,1-2,8,10-12H2,(H,26,31)/b27-15+. The first-order valence-corrected chi connectivity index (χ1v) is 10.8. The van der Waals surface area contributed by atoms with E-state index in [1.807, 2.05) is 47.4 Å². The fourth-order valence-corrected chi connectivity index (χ4v) is 4.10. The van der Waals surface area contributed by atoms with Gasteiger partial charge in [-0.15, -0.1) is 0 Å². The molecule has 2 aliphatic heterocycles. The number of rotatable bonds is 5. The van der Waals surface area contributed by atoms with Crippen LogP contribution in [-0.2, 0) is 6.42 Å². The lowest BCUT2D eigenvalue weighted by Gasteiger charge is -2.15. The predicted octanol–water partition coefficient (Wildman–Crippen LogP) is 3.04. The van der Waals surface area contributed by atoms with Crippen molar-refractivity contribution >= 4 is 23.7 Å². The molecule has 4 heterocycles. The van der Waals surface area contributed by atoms with Crippen molar-refractivity contribution in [3.63, 3.8) is 0 Å². The average molecular weight is 428 g/mol. The zero-order valence-corrected chi connectivity index (χ0v) is 17.6. The first kappa shape index (κ1) is 20.0. The second-order valence-corrected chi connectivity index (χ2v) is 8.00. The molecule has 0 bridgehead atoms. The van der Waals surface area contributed by atoms with E-state index in [0.29, 0.717) is 23.4 Å². The molecule has 0 aliphatic carbocycles. The van der Waals surface area contributed by atoms with E-state index in [1.54, 1.807) is 12.4 Å². The number of fused-ring (bicyclic) bond motifs is 1. The molecule has 0 spiro atoms. The van der Waals surface area contributed by atoms with Crippen LogP contribution in [-0.4, -0.2) is 52.5 Å². The van der Waals surface area contributed by atoms with Gasteiger partial charge in [-0.1, -0.05) is 0 Å². The Kier molecular flexibility index (Phi) is 5.41. The van der Waals surface area contributed by atoms with E-state index in [2.05, 4.69) is 25.8 Å². The first-order chi connectivity index (χ1) is 15.7. The number of anilines is 1. The van der Waals surface area contributed by atoms with E-state index in [1.165, 1.54) is 0 Å². The molecule has 2 aromatic heterocycles. The number of nitrogens with zero attached hydrogens (tertiary/aromatic N) is 3. The van der Waals surface area contributed by atoms with E-state index in [9.17, 15) is 9.59 Å². The normalized spacial score (nSPS) is 15.6. The zero-order valence-electron chi connectivity index (χ0n) is 17.6. The molecular formula is C24H24N6O2. The van der Waals surface area contributed by atoms with Crippen LogP contribution < -0.4 is 10.7 Å². The third kappa shape index (κ3) is 4.12. The number of hydrazone groups is 1. The van der Waals surface area contributed by atoms with Gasteiger partial charge in [0, 0.05) is 54.8 Å². The summed E-state index contributed by atoms with van der Waals surface area (Å²) >= 11 is 0. The van der Waals surface area contributed by atoms with Gasteiger partial charge in [-0.05, 0) is 55.3 Å². The van der Waals surface area contributed by atoms with E-state index in [0.717, 1.165) is 55.0 Å². The van der Waals surface area contributed by atoms with Crippen molar-refractivity contribution in [1.29, 1.82) is 0 Å². The fraction of sp³-hybridized carbons (Fsp3) is 0.250. The first-order valence-electron chi connectivity index (χ1n) is 10.8. The molecule has 3 N–H and O–H groups in total. The topological polar surface area (TPSA) is 102 Å². The zero-order chi connectivity index (χ0) is 21.9. The van der Waals surface area contributed by atoms with Gasteiger partial charge in [-0.25, -0.2) is 0 Å². The van der Waals surface area contributed by atoms with Crippen LogP contribution in [0.25, 0.3) is 11.3 Å². The van der Waals surface area contributed by atoms with Crippen molar-refractivity contribution in [2.24, 2.45) is 5.10 Å². The van der Waals surface area contributed by atoms with Crippen LogP contribution in [0.2, 0.25) is 0 Å². The highest BCUT2D eigenvalue weighted by atomic mass is 16.2. The van der Waals surface area contributed by atoms with Gasteiger partial charge in [0.15, 0.2) is 0 Å². The number of likely N-dealkylation sites (tertiary alicyclic amines) is 1. The summed E-state index contributed by atoms with van der Waals surface area (Å²) in [7, 11) is 0. The Hall–Kier alpha value is -3.94. The van der Waals surface area contributed by atoms with Gasteiger partial charge >= 0.3 is 0 Å². The Labute approximate surface area is 185 Å². The summed E-state index contributed by atoms with van der Waals surface area (Å²) in [6, 6.07) is 13.0. The molecule has 3 aromatic rings. The number of amides is 2. The second kappa shape index (κ2) is 8.66. The summed E-state index contributed by atoms with van der Waals surface area (Å²) in [5.74, 6) is 0.0454. The summed E-state index contributed by atoms with van der Waals surface area (Å²) in [4.78, 5) is 34.0. The molecule has 0 unspecified atom stereocenters. The molecule has 8 nitrogen and oxygen atoms in total. The van der Waals surface area contributed by atoms with Gasteiger partial charge in [0.25, 0.3) is 11.8 Å². The third-order valence-corrected chi connectivity index (χ3v) is 5.81. The maximum atomic E-state index is 12.4. The summed E-state index contributed by atoms with van der Waals surface area (Å²) in [5, 5.41) is 7.13. The molecule has 1 saturated heterocycles. The van der Waals surface area contributed by atoms with Gasteiger partial charge in [-0.2, -0.15) is 5.10 Å². The van der Waals surface area contributed by atoms with E-state index >= 15 is 0 Å². The maximum absolute atomic E-state index is 12.4. The van der Waals surface area contributed by atoms with Crippen molar-refractivity contribution < 1.29 is 9.59 Å². The summed E-state index contributed by atoms with van der Waals surface area (Å²) in [6.45, 7) is 2.33. The van der Waals surface area contributed by atoms with Gasteiger partial charge in [0.1, 0.15) is 0 Å². The number of carbonyl (C=O) groups is 2. The highest BCUT2D eigenvalue weighted by Crippen LogP contribution is 2.24. The molecule has 162 valence electrons. The van der Waals surface area contributed by atoms with Gasteiger partial charge in [0.05, 0.1) is 23.2 Å². The highest BCUT2D eigenvalue weighted by Gasteiger charge is 2.20. The molecule has 2 aliphatic rings. The highest BCUT2D eigenvalue weighted by molar-refractivity contribution is 5.98. The average Bonchev–Trinajstić information content (AvgIpc) is 3.50. The van der Waals surface area contributed by atoms with Crippen molar-refractivity contribution in [3.8, 4) is 11.3 Å². The fourth-order valence-electron chi connectivity index (χ4n) is 4.10. The maximum Gasteiger partial charge on any atom is 0.253 e. The summed E-state index contributed by atoms with van der Waals surface area (Å²) in [5.41, 5.74) is 8.63. The van der Waals surface area contributed by atoms with E-state index in [4.69, 9.17) is 0 Å². The number of carbonyl (C=O) groups excluding carboxylic acids is 2. The molecule has 1 fully saturated rings. The molecule has 2 amide bonds. The van der Waals surface area contributed by atoms with Crippen LogP contribution in [0.15, 0.2) is 53.8 Å².